The van der Waals surface area contributed by atoms with Gasteiger partial charge in [0.1, 0.15) is 6.10 Å². The van der Waals surface area contributed by atoms with Crippen LogP contribution in [0.4, 0.5) is 0 Å². The fourth-order valence-electron chi connectivity index (χ4n) is 6.63. The number of hydrogen-bond acceptors (Lipinski definition) is 5. The summed E-state index contributed by atoms with van der Waals surface area (Å²) in [5.74, 6) is 1.24. The van der Waals surface area contributed by atoms with Crippen molar-refractivity contribution in [2.45, 2.75) is 75.2 Å². The largest absolute Gasteiger partial charge is 0.504 e. The molecule has 1 aromatic carbocycles. The van der Waals surface area contributed by atoms with Gasteiger partial charge in [0.15, 0.2) is 11.5 Å². The molecule has 2 fully saturated rings. The summed E-state index contributed by atoms with van der Waals surface area (Å²) in [4.78, 5) is 15.4. The zero-order valence-electron chi connectivity index (χ0n) is 17.6. The molecule has 2 bridgehead atoms. The van der Waals surface area contributed by atoms with Crippen LogP contribution in [-0.2, 0) is 16.6 Å². The van der Waals surface area contributed by atoms with Crippen LogP contribution in [0.15, 0.2) is 23.8 Å². The van der Waals surface area contributed by atoms with Gasteiger partial charge in [0.2, 0.25) is 5.91 Å². The number of ether oxygens (including phenoxy) is 1. The van der Waals surface area contributed by atoms with E-state index in [2.05, 4.69) is 10.2 Å². The maximum atomic E-state index is 12.9. The lowest BCUT2D eigenvalue weighted by molar-refractivity contribution is -0.165. The molecule has 1 saturated heterocycles. The molecular formula is C24H30N2O4. The lowest BCUT2D eigenvalue weighted by Gasteiger charge is -2.62. The monoisotopic (exact) mass is 410 g/mol. The van der Waals surface area contributed by atoms with E-state index in [9.17, 15) is 15.0 Å². The van der Waals surface area contributed by atoms with E-state index in [-0.39, 0.29) is 23.7 Å². The third-order valence-corrected chi connectivity index (χ3v) is 8.08. The molecule has 2 heterocycles. The van der Waals surface area contributed by atoms with E-state index in [1.807, 2.05) is 26.0 Å². The van der Waals surface area contributed by atoms with Crippen molar-refractivity contribution in [2.24, 2.45) is 5.92 Å². The Bertz CT molecular complexity index is 968. The van der Waals surface area contributed by atoms with Gasteiger partial charge < -0.3 is 20.3 Å². The zero-order chi connectivity index (χ0) is 20.8. The molecule has 2 aliphatic heterocycles. The van der Waals surface area contributed by atoms with Crippen LogP contribution in [0, 0.1) is 5.92 Å². The Morgan fingerprint density at radius 1 is 1.37 bits per heavy atom. The molecule has 0 unspecified atom stereocenters. The van der Waals surface area contributed by atoms with Crippen molar-refractivity contribution >= 4 is 5.91 Å². The van der Waals surface area contributed by atoms with E-state index in [0.29, 0.717) is 17.7 Å². The van der Waals surface area contributed by atoms with E-state index in [4.69, 9.17) is 4.74 Å². The van der Waals surface area contributed by atoms with Gasteiger partial charge in [-0.3, -0.25) is 9.69 Å². The summed E-state index contributed by atoms with van der Waals surface area (Å²) >= 11 is 0. The number of carbonyl (C=O) groups is 1. The second-order valence-electron chi connectivity index (χ2n) is 10.3. The van der Waals surface area contributed by atoms with Gasteiger partial charge in [-0.05, 0) is 69.7 Å². The molecule has 0 aromatic heterocycles. The second kappa shape index (κ2) is 6.01. The highest BCUT2D eigenvalue weighted by Gasteiger charge is 2.71. The zero-order valence-corrected chi connectivity index (χ0v) is 17.6. The first-order chi connectivity index (χ1) is 14.3. The average molecular weight is 411 g/mol. The number of rotatable bonds is 4. The topological polar surface area (TPSA) is 82.0 Å². The van der Waals surface area contributed by atoms with Gasteiger partial charge in [-0.25, -0.2) is 0 Å². The Labute approximate surface area is 176 Å². The standard InChI is InChI=1S/C24H30N2O4/c1-13(2)25-22(28)16-10-19-23-7-8-26(12-14-3-4-14)18(24(23,29)11-16)9-15-5-6-17(27)21(30-19)20(15)23/h5-6,10,13-14,18-19,27,29H,3-4,7-9,11-12H2,1-2H3,(H,25,28)/t18-,19+,23-,24-/m1/s1. The average Bonchev–Trinajstić information content (AvgIpc) is 3.42. The quantitative estimate of drug-likeness (QED) is 0.708. The number of aliphatic hydroxyl groups is 1. The molecule has 30 heavy (non-hydrogen) atoms. The number of nitrogens with zero attached hydrogens (tertiary/aromatic N) is 1. The number of aromatic hydroxyl groups is 1. The number of benzene rings is 1. The van der Waals surface area contributed by atoms with Crippen molar-refractivity contribution in [3.8, 4) is 11.5 Å². The Morgan fingerprint density at radius 2 is 2.17 bits per heavy atom. The van der Waals surface area contributed by atoms with Crippen LogP contribution in [0.2, 0.25) is 0 Å². The molecule has 1 amide bonds. The normalized spacial score (nSPS) is 36.2. The molecule has 0 radical (unpaired) electrons. The van der Waals surface area contributed by atoms with Gasteiger partial charge in [0, 0.05) is 36.2 Å². The number of phenols is 1. The summed E-state index contributed by atoms with van der Waals surface area (Å²) in [6, 6.07) is 3.69. The highest BCUT2D eigenvalue weighted by atomic mass is 16.5. The van der Waals surface area contributed by atoms with Crippen LogP contribution in [-0.4, -0.2) is 57.9 Å². The summed E-state index contributed by atoms with van der Waals surface area (Å²) in [6.45, 7) is 5.82. The molecule has 3 N–H and O–H groups in total. The van der Waals surface area contributed by atoms with Gasteiger partial charge in [0.05, 0.1) is 11.0 Å². The molecule has 6 nitrogen and oxygen atoms in total. The Morgan fingerprint density at radius 3 is 2.90 bits per heavy atom. The van der Waals surface area contributed by atoms with Crippen LogP contribution in [0.3, 0.4) is 0 Å². The third kappa shape index (κ3) is 2.29. The van der Waals surface area contributed by atoms with Crippen molar-refractivity contribution in [2.75, 3.05) is 13.1 Å². The van der Waals surface area contributed by atoms with E-state index >= 15 is 0 Å². The SMILES string of the molecule is CC(C)NC(=O)C1=C[C@@H]2Oc3c(O)ccc4c3[C@@]23CCN(CC2CC2)[C@H](C4)[C@]3(O)C1. The third-order valence-electron chi connectivity index (χ3n) is 8.08. The molecule has 160 valence electrons. The first-order valence-electron chi connectivity index (χ1n) is 11.3. The number of nitrogens with one attached hydrogen (secondary N) is 1. The molecule has 6 heteroatoms. The molecule has 1 spiro atoms. The smallest absolute Gasteiger partial charge is 0.247 e. The molecule has 1 saturated carbocycles. The van der Waals surface area contributed by atoms with Crippen molar-refractivity contribution < 1.29 is 19.7 Å². The van der Waals surface area contributed by atoms with Crippen LogP contribution >= 0.6 is 0 Å². The van der Waals surface area contributed by atoms with E-state index in [1.54, 1.807) is 6.07 Å². The Hall–Kier alpha value is -2.05. The van der Waals surface area contributed by atoms with Crippen LogP contribution < -0.4 is 10.1 Å². The molecule has 1 aromatic rings. The molecular weight excluding hydrogens is 380 g/mol. The number of piperidine rings is 1. The maximum absolute atomic E-state index is 12.9. The first-order valence-corrected chi connectivity index (χ1v) is 11.3. The lowest BCUT2D eigenvalue weighted by atomic mass is 9.49. The summed E-state index contributed by atoms with van der Waals surface area (Å²) in [5, 5.41) is 26.0. The molecule has 4 atom stereocenters. The van der Waals surface area contributed by atoms with Crippen molar-refractivity contribution in [3.05, 3.63) is 34.9 Å². The number of likely N-dealkylation sites (tertiary alicyclic amines) is 1. The van der Waals surface area contributed by atoms with Gasteiger partial charge in [0.25, 0.3) is 0 Å². The van der Waals surface area contributed by atoms with E-state index in [0.717, 1.165) is 37.4 Å². The van der Waals surface area contributed by atoms with Gasteiger partial charge in [-0.1, -0.05) is 6.07 Å². The highest BCUT2D eigenvalue weighted by molar-refractivity contribution is 5.94. The minimum absolute atomic E-state index is 0.0264. The van der Waals surface area contributed by atoms with Crippen LogP contribution in [0.25, 0.3) is 0 Å². The number of amides is 1. The maximum Gasteiger partial charge on any atom is 0.247 e. The summed E-state index contributed by atoms with van der Waals surface area (Å²) in [6.07, 6.45) is 5.85. The first kappa shape index (κ1) is 18.7. The fourth-order valence-corrected chi connectivity index (χ4v) is 6.63. The van der Waals surface area contributed by atoms with Gasteiger partial charge >= 0.3 is 0 Å². The summed E-state index contributed by atoms with van der Waals surface area (Å²) in [7, 11) is 0. The highest BCUT2D eigenvalue weighted by Crippen LogP contribution is 2.65. The van der Waals surface area contributed by atoms with E-state index in [1.165, 1.54) is 18.4 Å². The van der Waals surface area contributed by atoms with E-state index < -0.39 is 17.1 Å². The lowest BCUT2D eigenvalue weighted by Crippen LogP contribution is -2.75. The van der Waals surface area contributed by atoms with Crippen molar-refractivity contribution in [3.63, 3.8) is 0 Å². The van der Waals surface area contributed by atoms with Gasteiger partial charge in [-0.15, -0.1) is 0 Å². The molecule has 5 aliphatic rings. The van der Waals surface area contributed by atoms with Crippen LogP contribution in [0.5, 0.6) is 11.5 Å². The summed E-state index contributed by atoms with van der Waals surface area (Å²) < 4.78 is 6.30. The Kier molecular flexibility index (Phi) is 3.75. The molecule has 6 rings (SSSR count). The minimum atomic E-state index is -1.09. The van der Waals surface area contributed by atoms with Gasteiger partial charge in [-0.2, -0.15) is 0 Å². The number of phenolic OH excluding ortho intramolecular Hbond substituents is 1. The number of hydrogen-bond donors (Lipinski definition) is 3. The molecule has 3 aliphatic carbocycles. The minimum Gasteiger partial charge on any atom is -0.504 e. The van der Waals surface area contributed by atoms with Crippen molar-refractivity contribution in [1.29, 1.82) is 0 Å². The van der Waals surface area contributed by atoms with Crippen molar-refractivity contribution in [1.82, 2.24) is 10.2 Å². The predicted octanol–water partition coefficient (Wildman–Crippen LogP) is 2.02. The predicted molar refractivity (Wildman–Crippen MR) is 112 cm³/mol. The fraction of sp³-hybridized carbons (Fsp3) is 0.625. The number of carbonyl (C=O) groups excluding carboxylic acids is 1. The summed E-state index contributed by atoms with van der Waals surface area (Å²) in [5.41, 5.74) is 1.07. The second-order valence-corrected chi connectivity index (χ2v) is 10.3. The van der Waals surface area contributed by atoms with Crippen LogP contribution in [0.1, 0.15) is 50.7 Å². The Balaban J connectivity index is 1.51.